The van der Waals surface area contributed by atoms with Crippen molar-refractivity contribution in [2.45, 2.75) is 25.9 Å². The maximum Gasteiger partial charge on any atom is 0.262 e. The molecule has 0 amide bonds. The molecule has 0 N–H and O–H groups in total. The Labute approximate surface area is 146 Å². The van der Waals surface area contributed by atoms with Gasteiger partial charge in [-0.1, -0.05) is 11.8 Å². The number of hydrogen-bond donors (Lipinski definition) is 0. The lowest BCUT2D eigenvalue weighted by atomic mass is 10.2. The molecular formula is C16H16N2O2S3. The van der Waals surface area contributed by atoms with E-state index in [1.54, 1.807) is 11.6 Å². The third-order valence-corrected chi connectivity index (χ3v) is 6.89. The Morgan fingerprint density at radius 1 is 1.26 bits per heavy atom. The van der Waals surface area contributed by atoms with Crippen LogP contribution in [-0.4, -0.2) is 21.1 Å². The van der Waals surface area contributed by atoms with E-state index >= 15 is 0 Å². The number of thioether (sulfide) groups is 1. The number of nitrogens with zero attached hydrogens (tertiary/aromatic N) is 2. The van der Waals surface area contributed by atoms with Crippen molar-refractivity contribution in [2.24, 2.45) is 7.05 Å². The molecular weight excluding hydrogens is 348 g/mol. The number of carbonyl (C=O) groups excluding carboxylic acids is 1. The first-order valence-corrected chi connectivity index (χ1v) is 9.69. The van der Waals surface area contributed by atoms with Crippen molar-refractivity contribution in [1.29, 1.82) is 0 Å². The number of thiophene rings is 2. The van der Waals surface area contributed by atoms with E-state index in [0.717, 1.165) is 25.0 Å². The van der Waals surface area contributed by atoms with Crippen molar-refractivity contribution in [2.75, 3.05) is 5.75 Å². The highest BCUT2D eigenvalue weighted by molar-refractivity contribution is 7.99. The van der Waals surface area contributed by atoms with Crippen LogP contribution in [0.2, 0.25) is 0 Å². The van der Waals surface area contributed by atoms with E-state index in [0.29, 0.717) is 10.5 Å². The van der Waals surface area contributed by atoms with Crippen molar-refractivity contribution in [3.05, 3.63) is 42.7 Å². The fourth-order valence-corrected chi connectivity index (χ4v) is 5.09. The number of carbonyl (C=O) groups is 1. The molecule has 0 bridgehead atoms. The van der Waals surface area contributed by atoms with Crippen LogP contribution in [0, 0.1) is 20.8 Å². The van der Waals surface area contributed by atoms with Crippen LogP contribution in [0.3, 0.4) is 0 Å². The van der Waals surface area contributed by atoms with E-state index in [1.165, 1.54) is 34.4 Å². The van der Waals surface area contributed by atoms with Crippen LogP contribution in [0.1, 0.15) is 25.0 Å². The maximum absolute atomic E-state index is 12.5. The highest BCUT2D eigenvalue weighted by atomic mass is 32.2. The fraction of sp³-hybridized carbons (Fsp3) is 0.312. The Morgan fingerprint density at radius 3 is 2.65 bits per heavy atom. The van der Waals surface area contributed by atoms with Gasteiger partial charge in [0.05, 0.1) is 16.0 Å². The van der Waals surface area contributed by atoms with E-state index in [2.05, 4.69) is 4.98 Å². The zero-order valence-corrected chi connectivity index (χ0v) is 15.7. The molecule has 0 radical (unpaired) electrons. The van der Waals surface area contributed by atoms with Gasteiger partial charge in [-0.25, -0.2) is 4.98 Å². The molecule has 3 rings (SSSR count). The van der Waals surface area contributed by atoms with Gasteiger partial charge in [0, 0.05) is 16.8 Å². The Bertz CT molecular complexity index is 966. The summed E-state index contributed by atoms with van der Waals surface area (Å²) in [4.78, 5) is 33.1. The molecule has 0 aliphatic carbocycles. The van der Waals surface area contributed by atoms with Gasteiger partial charge < -0.3 is 0 Å². The van der Waals surface area contributed by atoms with Crippen molar-refractivity contribution >= 4 is 50.4 Å². The molecule has 7 heteroatoms. The number of ketones is 1. The van der Waals surface area contributed by atoms with Crippen LogP contribution >= 0.6 is 34.4 Å². The van der Waals surface area contributed by atoms with Gasteiger partial charge >= 0.3 is 0 Å². The topological polar surface area (TPSA) is 52.0 Å². The molecule has 0 saturated heterocycles. The molecule has 0 aromatic carbocycles. The summed E-state index contributed by atoms with van der Waals surface area (Å²) in [6.07, 6.45) is 0. The van der Waals surface area contributed by atoms with Crippen molar-refractivity contribution < 1.29 is 4.79 Å². The Balaban J connectivity index is 1.90. The summed E-state index contributed by atoms with van der Waals surface area (Å²) in [5.74, 6) is 0.357. The summed E-state index contributed by atoms with van der Waals surface area (Å²) in [5.41, 5.74) is 0.957. The summed E-state index contributed by atoms with van der Waals surface area (Å²) in [5, 5.41) is 1.28. The normalized spacial score (nSPS) is 11.3. The van der Waals surface area contributed by atoms with Gasteiger partial charge in [-0.05, 0) is 38.5 Å². The van der Waals surface area contributed by atoms with Gasteiger partial charge in [0.15, 0.2) is 10.9 Å². The summed E-state index contributed by atoms with van der Waals surface area (Å²) in [6, 6.07) is 3.80. The molecule has 0 aliphatic heterocycles. The number of fused-ring (bicyclic) bond motifs is 1. The number of aromatic nitrogens is 2. The molecule has 0 saturated carbocycles. The van der Waals surface area contributed by atoms with E-state index < -0.39 is 0 Å². The number of rotatable bonds is 4. The third-order valence-electron chi connectivity index (χ3n) is 3.72. The average Bonchev–Trinajstić information content (AvgIpc) is 3.06. The minimum Gasteiger partial charge on any atom is -0.292 e. The smallest absolute Gasteiger partial charge is 0.262 e. The van der Waals surface area contributed by atoms with Crippen molar-refractivity contribution in [3.8, 4) is 0 Å². The zero-order valence-electron chi connectivity index (χ0n) is 13.3. The molecule has 0 spiro atoms. The number of aryl methyl sites for hydroxylation is 3. The molecule has 120 valence electrons. The summed E-state index contributed by atoms with van der Waals surface area (Å²) < 4.78 is 1.54. The van der Waals surface area contributed by atoms with Gasteiger partial charge in [0.25, 0.3) is 5.56 Å². The molecule has 23 heavy (non-hydrogen) atoms. The van der Waals surface area contributed by atoms with Crippen molar-refractivity contribution in [3.63, 3.8) is 0 Å². The van der Waals surface area contributed by atoms with E-state index in [1.807, 2.05) is 32.9 Å². The Kier molecular flexibility index (Phi) is 4.44. The van der Waals surface area contributed by atoms with Crippen LogP contribution in [0.5, 0.6) is 0 Å². The third kappa shape index (κ3) is 3.00. The minimum atomic E-state index is -0.0428. The van der Waals surface area contributed by atoms with Crippen LogP contribution in [0.4, 0.5) is 0 Å². The monoisotopic (exact) mass is 364 g/mol. The number of hydrogen-bond acceptors (Lipinski definition) is 6. The minimum absolute atomic E-state index is 0.0428. The second-order valence-corrected chi connectivity index (χ2v) is 8.78. The van der Waals surface area contributed by atoms with Gasteiger partial charge in [-0.3, -0.25) is 14.2 Å². The first-order valence-electron chi connectivity index (χ1n) is 7.07. The Morgan fingerprint density at radius 2 is 2.00 bits per heavy atom. The summed E-state index contributed by atoms with van der Waals surface area (Å²) >= 11 is 4.34. The van der Waals surface area contributed by atoms with E-state index in [-0.39, 0.29) is 17.1 Å². The van der Waals surface area contributed by atoms with E-state index in [4.69, 9.17) is 0 Å². The van der Waals surface area contributed by atoms with Gasteiger partial charge in [-0.15, -0.1) is 22.7 Å². The van der Waals surface area contributed by atoms with Crippen LogP contribution < -0.4 is 5.56 Å². The van der Waals surface area contributed by atoms with Crippen LogP contribution in [0.25, 0.3) is 10.2 Å². The molecule has 0 unspecified atom stereocenters. The first kappa shape index (κ1) is 16.4. The summed E-state index contributed by atoms with van der Waals surface area (Å²) in [6.45, 7) is 5.93. The van der Waals surface area contributed by atoms with Gasteiger partial charge in [0.1, 0.15) is 4.83 Å². The standard InChI is InChI=1S/C16H16N2O2S3/c1-8-5-6-12(22-8)11(19)7-21-16-17-14-13(15(20)18(16)4)9(2)10(3)23-14/h5-6H,7H2,1-4H3. The molecule has 3 aromatic rings. The second kappa shape index (κ2) is 6.22. The highest BCUT2D eigenvalue weighted by Crippen LogP contribution is 2.28. The molecule has 0 atom stereocenters. The SMILES string of the molecule is Cc1ccc(C(=O)CSc2nc3sc(C)c(C)c3c(=O)n2C)s1. The molecule has 0 aliphatic rings. The average molecular weight is 365 g/mol. The highest BCUT2D eigenvalue weighted by Gasteiger charge is 2.16. The molecule has 3 aromatic heterocycles. The van der Waals surface area contributed by atoms with Crippen LogP contribution in [0.15, 0.2) is 22.1 Å². The van der Waals surface area contributed by atoms with Gasteiger partial charge in [0.2, 0.25) is 0 Å². The zero-order chi connectivity index (χ0) is 16.7. The van der Waals surface area contributed by atoms with Crippen LogP contribution in [-0.2, 0) is 7.05 Å². The Hall–Kier alpha value is -1.44. The molecule has 0 fully saturated rings. The molecule has 3 heterocycles. The molecule has 4 nitrogen and oxygen atoms in total. The fourth-order valence-electron chi connectivity index (χ4n) is 2.27. The maximum atomic E-state index is 12.5. The van der Waals surface area contributed by atoms with E-state index in [9.17, 15) is 9.59 Å². The predicted octanol–water partition coefficient (Wildman–Crippen LogP) is 3.96. The van der Waals surface area contributed by atoms with Gasteiger partial charge in [-0.2, -0.15) is 0 Å². The first-order chi connectivity index (χ1) is 10.9. The lowest BCUT2D eigenvalue weighted by molar-refractivity contribution is 0.102. The second-order valence-electron chi connectivity index (χ2n) is 5.34. The lowest BCUT2D eigenvalue weighted by Crippen LogP contribution is -2.20. The largest absolute Gasteiger partial charge is 0.292 e. The number of Topliss-reactive ketones (excluding diaryl/α,β-unsaturated/α-hetero) is 1. The predicted molar refractivity (Wildman–Crippen MR) is 98.4 cm³/mol. The quantitative estimate of drug-likeness (QED) is 0.399. The summed E-state index contributed by atoms with van der Waals surface area (Å²) in [7, 11) is 1.71. The van der Waals surface area contributed by atoms with Crippen molar-refractivity contribution in [1.82, 2.24) is 9.55 Å². The lowest BCUT2D eigenvalue weighted by Gasteiger charge is -2.06.